The van der Waals surface area contributed by atoms with Gasteiger partial charge >= 0.3 is 0 Å². The van der Waals surface area contributed by atoms with Gasteiger partial charge in [0.25, 0.3) is 5.91 Å². The second kappa shape index (κ2) is 9.75. The van der Waals surface area contributed by atoms with Crippen molar-refractivity contribution in [3.05, 3.63) is 54.1 Å². The van der Waals surface area contributed by atoms with Gasteiger partial charge in [-0.2, -0.15) is 0 Å². The highest BCUT2D eigenvalue weighted by Crippen LogP contribution is 2.24. The van der Waals surface area contributed by atoms with E-state index in [1.807, 2.05) is 24.3 Å². The Balaban J connectivity index is 1.53. The molecule has 7 nitrogen and oxygen atoms in total. The van der Waals surface area contributed by atoms with Crippen molar-refractivity contribution in [3.63, 3.8) is 0 Å². The number of nitrogens with two attached hydrogens (primary N) is 1. The molecule has 7 heteroatoms. The molecule has 3 N–H and O–H groups in total. The van der Waals surface area contributed by atoms with Crippen LogP contribution in [0.2, 0.25) is 0 Å². The summed E-state index contributed by atoms with van der Waals surface area (Å²) in [5.74, 6) is 0.236. The van der Waals surface area contributed by atoms with Gasteiger partial charge < -0.3 is 25.4 Å². The number of hydrogen-bond donors (Lipinski definition) is 2. The number of hydrogen-bond acceptors (Lipinski definition) is 5. The van der Waals surface area contributed by atoms with Gasteiger partial charge in [-0.15, -0.1) is 0 Å². The summed E-state index contributed by atoms with van der Waals surface area (Å²) in [6.07, 6.45) is 0.853. The van der Waals surface area contributed by atoms with Gasteiger partial charge in [0, 0.05) is 25.2 Å². The Bertz CT molecular complexity index is 819. The molecule has 1 aliphatic rings. The molecule has 148 valence electrons. The molecule has 1 fully saturated rings. The van der Waals surface area contributed by atoms with E-state index in [1.54, 1.807) is 29.2 Å². The third-order valence-corrected chi connectivity index (χ3v) is 4.55. The summed E-state index contributed by atoms with van der Waals surface area (Å²) in [6.45, 7) is 2.16. The summed E-state index contributed by atoms with van der Waals surface area (Å²) in [5.41, 5.74) is 8.09. The highest BCUT2D eigenvalue weighted by Gasteiger charge is 2.18. The lowest BCUT2D eigenvalue weighted by Gasteiger charge is -2.26. The summed E-state index contributed by atoms with van der Waals surface area (Å²) in [7, 11) is 0. The van der Waals surface area contributed by atoms with Crippen molar-refractivity contribution in [1.29, 1.82) is 0 Å². The minimum Gasteiger partial charge on any atom is -0.482 e. The fourth-order valence-corrected chi connectivity index (χ4v) is 2.96. The van der Waals surface area contributed by atoms with Crippen LogP contribution < -0.4 is 15.8 Å². The van der Waals surface area contributed by atoms with Crippen molar-refractivity contribution in [3.8, 4) is 5.75 Å². The first-order valence-electron chi connectivity index (χ1n) is 9.34. The zero-order valence-corrected chi connectivity index (χ0v) is 15.7. The number of amides is 2. The third kappa shape index (κ3) is 5.47. The number of anilines is 2. The third-order valence-electron chi connectivity index (χ3n) is 4.55. The van der Waals surface area contributed by atoms with Gasteiger partial charge in [0.1, 0.15) is 5.75 Å². The summed E-state index contributed by atoms with van der Waals surface area (Å²) < 4.78 is 10.9. The minimum atomic E-state index is -0.140. The highest BCUT2D eigenvalue weighted by molar-refractivity contribution is 5.92. The van der Waals surface area contributed by atoms with Gasteiger partial charge in [0.05, 0.1) is 18.9 Å². The summed E-state index contributed by atoms with van der Waals surface area (Å²) in [4.78, 5) is 26.3. The molecule has 3 rings (SSSR count). The van der Waals surface area contributed by atoms with Crippen LogP contribution >= 0.6 is 0 Å². The number of para-hydroxylation sites is 3. The van der Waals surface area contributed by atoms with Crippen LogP contribution in [0, 0.1) is 0 Å². The molecule has 0 spiro atoms. The maximum Gasteiger partial charge on any atom is 0.260 e. The van der Waals surface area contributed by atoms with Crippen molar-refractivity contribution in [1.82, 2.24) is 4.90 Å². The van der Waals surface area contributed by atoms with E-state index in [0.717, 1.165) is 5.56 Å². The largest absolute Gasteiger partial charge is 0.482 e. The van der Waals surface area contributed by atoms with Crippen LogP contribution in [-0.4, -0.2) is 49.6 Å². The molecule has 1 aliphatic heterocycles. The van der Waals surface area contributed by atoms with Crippen LogP contribution in [0.5, 0.6) is 5.75 Å². The lowest BCUT2D eigenvalue weighted by Crippen LogP contribution is -2.43. The van der Waals surface area contributed by atoms with Crippen LogP contribution in [0.25, 0.3) is 0 Å². The molecule has 0 bridgehead atoms. The standard InChI is InChI=1S/C21H25N3O4/c22-17-6-2-1-5-16(17)9-10-20(25)23-18-7-3-4-8-19(18)28-15-21(26)24-11-13-27-14-12-24/h1-8H,9-15,22H2,(H,23,25). The number of nitrogen functional groups attached to an aromatic ring is 1. The first-order valence-corrected chi connectivity index (χ1v) is 9.34. The van der Waals surface area contributed by atoms with Crippen LogP contribution in [0.1, 0.15) is 12.0 Å². The van der Waals surface area contributed by atoms with Crippen LogP contribution in [0.15, 0.2) is 48.5 Å². The first kappa shape index (κ1) is 19.7. The average molecular weight is 383 g/mol. The number of morpholine rings is 1. The van der Waals surface area contributed by atoms with E-state index in [1.165, 1.54) is 0 Å². The molecule has 2 aromatic rings. The number of ether oxygens (including phenoxy) is 2. The molecule has 1 heterocycles. The topological polar surface area (TPSA) is 93.9 Å². The van der Waals surface area contributed by atoms with Crippen molar-refractivity contribution < 1.29 is 19.1 Å². The van der Waals surface area contributed by atoms with Gasteiger partial charge in [0.2, 0.25) is 5.91 Å². The van der Waals surface area contributed by atoms with Crippen molar-refractivity contribution >= 4 is 23.2 Å². The Hall–Kier alpha value is -3.06. The lowest BCUT2D eigenvalue weighted by molar-refractivity contribution is -0.137. The quantitative estimate of drug-likeness (QED) is 0.714. The van der Waals surface area contributed by atoms with Gasteiger partial charge in [-0.3, -0.25) is 9.59 Å². The normalized spacial score (nSPS) is 13.8. The predicted octanol–water partition coefficient (Wildman–Crippen LogP) is 2.08. The Morgan fingerprint density at radius 1 is 1.07 bits per heavy atom. The Kier molecular flexibility index (Phi) is 6.86. The van der Waals surface area contributed by atoms with E-state index in [0.29, 0.717) is 56.3 Å². The Morgan fingerprint density at radius 2 is 1.79 bits per heavy atom. The summed E-state index contributed by atoms with van der Waals surface area (Å²) in [6, 6.07) is 14.6. The minimum absolute atomic E-state index is 0.0760. The van der Waals surface area contributed by atoms with Gasteiger partial charge in [0.15, 0.2) is 6.61 Å². The second-order valence-electron chi connectivity index (χ2n) is 6.52. The van der Waals surface area contributed by atoms with E-state index in [4.69, 9.17) is 15.2 Å². The maximum absolute atomic E-state index is 12.3. The van der Waals surface area contributed by atoms with Crippen molar-refractivity contribution in [2.75, 3.05) is 44.0 Å². The monoisotopic (exact) mass is 383 g/mol. The van der Waals surface area contributed by atoms with Crippen LogP contribution in [0.4, 0.5) is 11.4 Å². The molecular weight excluding hydrogens is 358 g/mol. The zero-order valence-electron chi connectivity index (χ0n) is 15.7. The van der Waals surface area contributed by atoms with E-state index < -0.39 is 0 Å². The van der Waals surface area contributed by atoms with E-state index in [9.17, 15) is 9.59 Å². The molecular formula is C21H25N3O4. The fourth-order valence-electron chi connectivity index (χ4n) is 2.96. The maximum atomic E-state index is 12.3. The van der Waals surface area contributed by atoms with Gasteiger partial charge in [-0.1, -0.05) is 30.3 Å². The number of aryl methyl sites for hydroxylation is 1. The molecule has 0 aromatic heterocycles. The van der Waals surface area contributed by atoms with E-state index >= 15 is 0 Å². The molecule has 0 aliphatic carbocycles. The van der Waals surface area contributed by atoms with Crippen LogP contribution in [-0.2, 0) is 20.7 Å². The molecule has 0 atom stereocenters. The molecule has 0 saturated carbocycles. The van der Waals surface area contributed by atoms with Crippen molar-refractivity contribution in [2.24, 2.45) is 0 Å². The van der Waals surface area contributed by atoms with Crippen LogP contribution in [0.3, 0.4) is 0 Å². The number of nitrogens with one attached hydrogen (secondary N) is 1. The lowest BCUT2D eigenvalue weighted by atomic mass is 10.1. The number of nitrogens with zero attached hydrogens (tertiary/aromatic N) is 1. The smallest absolute Gasteiger partial charge is 0.260 e. The zero-order chi connectivity index (χ0) is 19.8. The number of rotatable bonds is 7. The molecule has 0 radical (unpaired) electrons. The Morgan fingerprint density at radius 3 is 2.57 bits per heavy atom. The van der Waals surface area contributed by atoms with Crippen molar-refractivity contribution in [2.45, 2.75) is 12.8 Å². The fraction of sp³-hybridized carbons (Fsp3) is 0.333. The number of carbonyl (C=O) groups is 2. The summed E-state index contributed by atoms with van der Waals surface area (Å²) >= 11 is 0. The van der Waals surface area contributed by atoms with Gasteiger partial charge in [-0.05, 0) is 30.2 Å². The number of benzene rings is 2. The first-order chi connectivity index (χ1) is 13.6. The SMILES string of the molecule is Nc1ccccc1CCC(=O)Nc1ccccc1OCC(=O)N1CCOCC1. The molecule has 0 unspecified atom stereocenters. The van der Waals surface area contributed by atoms with E-state index in [-0.39, 0.29) is 18.4 Å². The molecule has 1 saturated heterocycles. The molecule has 2 aromatic carbocycles. The average Bonchev–Trinajstić information content (AvgIpc) is 2.73. The number of carbonyl (C=O) groups excluding carboxylic acids is 2. The molecule has 28 heavy (non-hydrogen) atoms. The van der Waals surface area contributed by atoms with E-state index in [2.05, 4.69) is 5.32 Å². The second-order valence-corrected chi connectivity index (χ2v) is 6.52. The highest BCUT2D eigenvalue weighted by atomic mass is 16.5. The summed E-state index contributed by atoms with van der Waals surface area (Å²) in [5, 5.41) is 2.85. The predicted molar refractivity (Wildman–Crippen MR) is 107 cm³/mol. The molecule has 2 amide bonds. The van der Waals surface area contributed by atoms with Gasteiger partial charge in [-0.25, -0.2) is 0 Å². The Labute approximate surface area is 164 Å².